The molecule has 1 aliphatic carbocycles. The number of nitrogens with zero attached hydrogens (tertiary/aromatic N) is 1. The molecule has 0 spiro atoms. The summed E-state index contributed by atoms with van der Waals surface area (Å²) in [5, 5.41) is 3.55. The van der Waals surface area contributed by atoms with E-state index in [1.807, 2.05) is 0 Å². The van der Waals surface area contributed by atoms with Gasteiger partial charge in [0.15, 0.2) is 5.13 Å². The highest BCUT2D eigenvalue weighted by atomic mass is 32.1. The second-order valence-electron chi connectivity index (χ2n) is 5.14. The lowest BCUT2D eigenvalue weighted by atomic mass is 10.0. The predicted octanol–water partition coefficient (Wildman–Crippen LogP) is 4.05. The molecule has 0 radical (unpaired) electrons. The van der Waals surface area contributed by atoms with E-state index in [9.17, 15) is 4.79 Å². The van der Waals surface area contributed by atoms with Crippen LogP contribution in [0, 0.1) is 0 Å². The van der Waals surface area contributed by atoms with Gasteiger partial charge in [0.25, 0.3) is 0 Å². The van der Waals surface area contributed by atoms with Crippen LogP contribution >= 0.6 is 11.3 Å². The Morgan fingerprint density at radius 2 is 2.14 bits per heavy atom. The normalized spacial score (nSPS) is 15.4. The minimum absolute atomic E-state index is 0.173. The van der Waals surface area contributed by atoms with Crippen molar-refractivity contribution >= 4 is 28.5 Å². The van der Waals surface area contributed by atoms with Gasteiger partial charge in [-0.3, -0.25) is 10.1 Å². The summed E-state index contributed by atoms with van der Waals surface area (Å²) < 4.78 is 5.15. The lowest BCUT2D eigenvalue weighted by molar-refractivity contribution is -0.111. The van der Waals surface area contributed by atoms with Crippen LogP contribution in [0.15, 0.2) is 28.9 Å². The topological polar surface area (TPSA) is 55.1 Å². The first-order chi connectivity index (χ1) is 10.3. The number of aryl methyl sites for hydroxylation is 2. The third-order valence-electron chi connectivity index (χ3n) is 3.52. The maximum Gasteiger partial charge on any atom is 0.250 e. The van der Waals surface area contributed by atoms with Crippen LogP contribution in [0.25, 0.3) is 6.08 Å². The number of amides is 1. The van der Waals surface area contributed by atoms with Crippen molar-refractivity contribution in [3.8, 4) is 0 Å². The van der Waals surface area contributed by atoms with E-state index in [4.69, 9.17) is 4.42 Å². The molecule has 0 saturated heterocycles. The monoisotopic (exact) mass is 302 g/mol. The molecule has 0 atom stereocenters. The Bertz CT molecular complexity index is 603. The molecule has 1 N–H and O–H groups in total. The molecule has 2 aromatic heterocycles. The van der Waals surface area contributed by atoms with E-state index in [0.717, 1.165) is 12.8 Å². The van der Waals surface area contributed by atoms with Crippen molar-refractivity contribution in [2.45, 2.75) is 38.5 Å². The van der Waals surface area contributed by atoms with Gasteiger partial charge in [-0.25, -0.2) is 4.98 Å². The van der Waals surface area contributed by atoms with Gasteiger partial charge < -0.3 is 4.42 Å². The van der Waals surface area contributed by atoms with Crippen LogP contribution in [0.4, 0.5) is 5.13 Å². The standard InChI is InChI=1S/C16H18N2O2S/c19-15(10-9-12-6-5-11-20-12)18-16-17-13-7-3-1-2-4-8-14(13)21-16/h5-6,9-11H,1-4,7-8H2,(H,17,18,19)/b10-9+. The molecule has 0 saturated carbocycles. The molecule has 0 aliphatic heterocycles. The van der Waals surface area contributed by atoms with Crippen LogP contribution in [0.5, 0.6) is 0 Å². The van der Waals surface area contributed by atoms with Crippen molar-refractivity contribution < 1.29 is 9.21 Å². The average Bonchev–Trinajstić information content (AvgIpc) is 3.07. The maximum atomic E-state index is 11.9. The van der Waals surface area contributed by atoms with Crippen LogP contribution in [0.1, 0.15) is 42.0 Å². The average molecular weight is 302 g/mol. The number of hydrogen-bond donors (Lipinski definition) is 1. The van der Waals surface area contributed by atoms with Crippen molar-refractivity contribution in [3.63, 3.8) is 0 Å². The zero-order valence-electron chi connectivity index (χ0n) is 11.8. The fraction of sp³-hybridized carbons (Fsp3) is 0.375. The Morgan fingerprint density at radius 1 is 1.29 bits per heavy atom. The Morgan fingerprint density at radius 3 is 2.95 bits per heavy atom. The van der Waals surface area contributed by atoms with E-state index in [1.165, 1.54) is 42.3 Å². The fourth-order valence-corrected chi connectivity index (χ4v) is 3.50. The Balaban J connectivity index is 1.64. The molecule has 110 valence electrons. The fourth-order valence-electron chi connectivity index (χ4n) is 2.45. The highest BCUT2D eigenvalue weighted by Gasteiger charge is 2.14. The first-order valence-electron chi connectivity index (χ1n) is 7.32. The number of carbonyl (C=O) groups excluding carboxylic acids is 1. The van der Waals surface area contributed by atoms with Gasteiger partial charge in [0.05, 0.1) is 12.0 Å². The molecule has 0 fully saturated rings. The molecule has 0 bridgehead atoms. The molecule has 5 heteroatoms. The minimum atomic E-state index is -0.173. The number of aromatic nitrogens is 1. The summed E-state index contributed by atoms with van der Waals surface area (Å²) in [5.41, 5.74) is 1.17. The zero-order valence-corrected chi connectivity index (χ0v) is 12.6. The molecule has 21 heavy (non-hydrogen) atoms. The number of furan rings is 1. The van der Waals surface area contributed by atoms with Gasteiger partial charge in [-0.2, -0.15) is 0 Å². The lowest BCUT2D eigenvalue weighted by Gasteiger charge is -2.06. The third kappa shape index (κ3) is 3.82. The smallest absolute Gasteiger partial charge is 0.250 e. The lowest BCUT2D eigenvalue weighted by Crippen LogP contribution is -2.07. The quantitative estimate of drug-likeness (QED) is 0.870. The summed E-state index contributed by atoms with van der Waals surface area (Å²) in [6, 6.07) is 3.59. The van der Waals surface area contributed by atoms with Crippen LogP contribution in [0.3, 0.4) is 0 Å². The van der Waals surface area contributed by atoms with E-state index in [2.05, 4.69) is 10.3 Å². The Labute approximate surface area is 127 Å². The van der Waals surface area contributed by atoms with Crippen molar-refractivity contribution in [2.75, 3.05) is 5.32 Å². The van der Waals surface area contributed by atoms with Gasteiger partial charge in [0.2, 0.25) is 5.91 Å². The molecule has 0 unspecified atom stereocenters. The molecular formula is C16H18N2O2S. The van der Waals surface area contributed by atoms with E-state index in [-0.39, 0.29) is 5.91 Å². The van der Waals surface area contributed by atoms with Gasteiger partial charge >= 0.3 is 0 Å². The summed E-state index contributed by atoms with van der Waals surface area (Å²) >= 11 is 1.61. The number of carbonyl (C=O) groups is 1. The van der Waals surface area contributed by atoms with Crippen molar-refractivity contribution in [1.29, 1.82) is 0 Å². The number of rotatable bonds is 3. The number of nitrogens with one attached hydrogen (secondary N) is 1. The zero-order chi connectivity index (χ0) is 14.5. The van der Waals surface area contributed by atoms with Crippen molar-refractivity contribution in [3.05, 3.63) is 40.8 Å². The summed E-state index contributed by atoms with van der Waals surface area (Å²) in [6.45, 7) is 0. The van der Waals surface area contributed by atoms with Gasteiger partial charge in [-0.05, 0) is 43.9 Å². The van der Waals surface area contributed by atoms with E-state index in [1.54, 1.807) is 35.8 Å². The summed E-state index contributed by atoms with van der Waals surface area (Å²) in [6.07, 6.45) is 11.8. The summed E-state index contributed by atoms with van der Waals surface area (Å²) in [5.74, 6) is 0.490. The Hall–Kier alpha value is -1.88. The molecule has 2 heterocycles. The minimum Gasteiger partial charge on any atom is -0.465 e. The number of thiazole rings is 1. The SMILES string of the molecule is O=C(/C=C/c1ccco1)Nc1nc2c(s1)CCCCCC2. The van der Waals surface area contributed by atoms with Crippen LogP contribution in [-0.4, -0.2) is 10.9 Å². The number of hydrogen-bond acceptors (Lipinski definition) is 4. The molecule has 3 rings (SSSR count). The maximum absolute atomic E-state index is 11.9. The Kier molecular flexibility index (Phi) is 4.50. The van der Waals surface area contributed by atoms with Crippen LogP contribution in [0.2, 0.25) is 0 Å². The van der Waals surface area contributed by atoms with Crippen molar-refractivity contribution in [1.82, 2.24) is 4.98 Å². The van der Waals surface area contributed by atoms with E-state index in [0.29, 0.717) is 10.9 Å². The largest absolute Gasteiger partial charge is 0.465 e. The first kappa shape index (κ1) is 14.1. The molecule has 1 aliphatic rings. The summed E-state index contributed by atoms with van der Waals surface area (Å²) in [4.78, 5) is 17.8. The molecule has 0 aromatic carbocycles. The predicted molar refractivity (Wildman–Crippen MR) is 84.4 cm³/mol. The highest BCUT2D eigenvalue weighted by molar-refractivity contribution is 7.15. The van der Waals surface area contributed by atoms with E-state index < -0.39 is 0 Å². The number of fused-ring (bicyclic) bond motifs is 1. The third-order valence-corrected chi connectivity index (χ3v) is 4.59. The molecular weight excluding hydrogens is 284 g/mol. The van der Waals surface area contributed by atoms with Crippen molar-refractivity contribution in [2.24, 2.45) is 0 Å². The molecule has 1 amide bonds. The first-order valence-corrected chi connectivity index (χ1v) is 8.14. The second-order valence-corrected chi connectivity index (χ2v) is 6.22. The van der Waals surface area contributed by atoms with Crippen LogP contribution < -0.4 is 5.32 Å². The highest BCUT2D eigenvalue weighted by Crippen LogP contribution is 2.28. The van der Waals surface area contributed by atoms with Crippen LogP contribution in [-0.2, 0) is 17.6 Å². The van der Waals surface area contributed by atoms with Gasteiger partial charge in [0, 0.05) is 11.0 Å². The second kappa shape index (κ2) is 6.72. The van der Waals surface area contributed by atoms with E-state index >= 15 is 0 Å². The molecule has 4 nitrogen and oxygen atoms in total. The number of anilines is 1. The summed E-state index contributed by atoms with van der Waals surface area (Å²) in [7, 11) is 0. The molecule has 2 aromatic rings. The van der Waals surface area contributed by atoms with Gasteiger partial charge in [-0.15, -0.1) is 11.3 Å². The van der Waals surface area contributed by atoms with Gasteiger partial charge in [0.1, 0.15) is 5.76 Å². The van der Waals surface area contributed by atoms with Gasteiger partial charge in [-0.1, -0.05) is 12.8 Å².